The molecule has 0 spiro atoms. The summed E-state index contributed by atoms with van der Waals surface area (Å²) in [6.07, 6.45) is 0. The first kappa shape index (κ1) is 13.3. The van der Waals surface area contributed by atoms with Gasteiger partial charge in [-0.25, -0.2) is 0 Å². The monoisotopic (exact) mass is 302 g/mol. The van der Waals surface area contributed by atoms with Gasteiger partial charge in [0.05, 0.1) is 16.1 Å². The summed E-state index contributed by atoms with van der Waals surface area (Å²) >= 11 is 13.0. The van der Waals surface area contributed by atoms with E-state index in [0.717, 1.165) is 11.6 Å². The quantitative estimate of drug-likeness (QED) is 0.675. The van der Waals surface area contributed by atoms with Crippen molar-refractivity contribution in [2.45, 2.75) is 10.9 Å². The van der Waals surface area contributed by atoms with E-state index >= 15 is 0 Å². The molecule has 0 saturated heterocycles. The van der Waals surface area contributed by atoms with Crippen LogP contribution in [0, 0.1) is 0 Å². The van der Waals surface area contributed by atoms with E-state index in [0.29, 0.717) is 21.0 Å². The number of halogens is 2. The smallest absolute Gasteiger partial charge is 0.255 e. The van der Waals surface area contributed by atoms with Gasteiger partial charge in [0.1, 0.15) is 0 Å². The lowest BCUT2D eigenvalue weighted by atomic mass is 10.2. The van der Waals surface area contributed by atoms with Crippen LogP contribution in [0.25, 0.3) is 0 Å². The number of hydrogen-bond donors (Lipinski definition) is 2. The van der Waals surface area contributed by atoms with Crippen LogP contribution in [-0.2, 0) is 5.75 Å². The van der Waals surface area contributed by atoms with Crippen molar-refractivity contribution in [3.8, 4) is 5.88 Å². The second-order valence-corrected chi connectivity index (χ2v) is 5.22. The fourth-order valence-electron chi connectivity index (χ4n) is 1.27. The summed E-state index contributed by atoms with van der Waals surface area (Å²) < 4.78 is 0. The van der Waals surface area contributed by atoms with E-state index in [-0.39, 0.29) is 11.4 Å². The molecule has 4 nitrogen and oxygen atoms in total. The Morgan fingerprint density at radius 3 is 2.72 bits per heavy atom. The average molecular weight is 303 g/mol. The van der Waals surface area contributed by atoms with Crippen LogP contribution >= 0.6 is 35.0 Å². The zero-order valence-electron chi connectivity index (χ0n) is 8.98. The second-order valence-electron chi connectivity index (χ2n) is 3.45. The molecule has 0 fully saturated rings. The van der Waals surface area contributed by atoms with Gasteiger partial charge in [0.15, 0.2) is 5.16 Å². The molecule has 0 aliphatic rings. The minimum atomic E-state index is -0.390. The molecular formula is C11H8Cl2N2O2S. The van der Waals surface area contributed by atoms with Crippen molar-refractivity contribution in [2.24, 2.45) is 0 Å². The highest BCUT2D eigenvalue weighted by molar-refractivity contribution is 7.98. The number of aromatic nitrogens is 2. The highest BCUT2D eigenvalue weighted by atomic mass is 35.5. The Labute approximate surface area is 117 Å². The fraction of sp³-hybridized carbons (Fsp3) is 0.0909. The minimum absolute atomic E-state index is 0.296. The van der Waals surface area contributed by atoms with E-state index < -0.39 is 0 Å². The van der Waals surface area contributed by atoms with E-state index in [1.165, 1.54) is 11.8 Å². The minimum Gasteiger partial charge on any atom is -0.493 e. The standard InChI is InChI=1S/C11H8Cl2N2O2S/c12-7-2-1-6(3-8(7)13)5-18-11-14-9(16)4-10(17)15-11/h1-4H,5H2,(H2,14,15,16,17). The molecule has 0 atom stereocenters. The number of rotatable bonds is 3. The summed E-state index contributed by atoms with van der Waals surface area (Å²) in [5.74, 6) is 0.263. The van der Waals surface area contributed by atoms with E-state index in [4.69, 9.17) is 23.2 Å². The van der Waals surface area contributed by atoms with Crippen molar-refractivity contribution in [3.05, 3.63) is 50.2 Å². The molecule has 2 rings (SSSR count). The predicted molar refractivity (Wildman–Crippen MR) is 72.5 cm³/mol. The van der Waals surface area contributed by atoms with Crippen molar-refractivity contribution >= 4 is 35.0 Å². The lowest BCUT2D eigenvalue weighted by Gasteiger charge is -2.03. The summed E-state index contributed by atoms with van der Waals surface area (Å²) in [5.41, 5.74) is 0.555. The molecule has 2 N–H and O–H groups in total. The van der Waals surface area contributed by atoms with Crippen molar-refractivity contribution in [2.75, 3.05) is 0 Å². The van der Waals surface area contributed by atoms with Gasteiger partial charge in [0.25, 0.3) is 5.56 Å². The van der Waals surface area contributed by atoms with Gasteiger partial charge >= 0.3 is 0 Å². The molecule has 0 aliphatic heterocycles. The summed E-state index contributed by atoms with van der Waals surface area (Å²) in [6, 6.07) is 6.31. The van der Waals surface area contributed by atoms with Gasteiger partial charge in [-0.2, -0.15) is 4.98 Å². The molecule has 94 valence electrons. The molecule has 0 amide bonds. The number of nitrogens with zero attached hydrogens (tertiary/aromatic N) is 1. The number of hydrogen-bond acceptors (Lipinski definition) is 4. The third-order valence-electron chi connectivity index (χ3n) is 2.07. The van der Waals surface area contributed by atoms with Crippen LogP contribution in [0.2, 0.25) is 10.0 Å². The first-order chi connectivity index (χ1) is 8.54. The number of H-pyrrole nitrogens is 1. The molecule has 18 heavy (non-hydrogen) atoms. The zero-order chi connectivity index (χ0) is 13.1. The first-order valence-electron chi connectivity index (χ1n) is 4.91. The molecular weight excluding hydrogens is 295 g/mol. The number of thioether (sulfide) groups is 1. The zero-order valence-corrected chi connectivity index (χ0v) is 11.3. The number of aromatic hydroxyl groups is 1. The molecule has 0 saturated carbocycles. The lowest BCUT2D eigenvalue weighted by molar-refractivity contribution is 0.444. The molecule has 7 heteroatoms. The van der Waals surface area contributed by atoms with Gasteiger partial charge in [-0.05, 0) is 17.7 Å². The first-order valence-corrected chi connectivity index (χ1v) is 6.66. The van der Waals surface area contributed by atoms with Crippen LogP contribution in [0.5, 0.6) is 5.88 Å². The normalized spacial score (nSPS) is 10.6. The topological polar surface area (TPSA) is 66.0 Å². The van der Waals surface area contributed by atoms with E-state index in [1.54, 1.807) is 12.1 Å². The molecule has 1 heterocycles. The van der Waals surface area contributed by atoms with E-state index in [2.05, 4.69) is 9.97 Å². The van der Waals surface area contributed by atoms with Gasteiger partial charge in [-0.15, -0.1) is 0 Å². The van der Waals surface area contributed by atoms with E-state index in [1.807, 2.05) is 6.07 Å². The molecule has 0 aliphatic carbocycles. The molecule has 0 bridgehead atoms. The van der Waals surface area contributed by atoms with Crippen LogP contribution in [-0.4, -0.2) is 15.1 Å². The van der Waals surface area contributed by atoms with Crippen LogP contribution in [0.3, 0.4) is 0 Å². The highest BCUT2D eigenvalue weighted by Crippen LogP contribution is 2.26. The van der Waals surface area contributed by atoms with Crippen LogP contribution in [0.15, 0.2) is 34.2 Å². The number of aromatic amines is 1. The highest BCUT2D eigenvalue weighted by Gasteiger charge is 2.03. The molecule has 1 aromatic heterocycles. The average Bonchev–Trinajstić information content (AvgIpc) is 2.29. The van der Waals surface area contributed by atoms with Crippen molar-refractivity contribution in [1.29, 1.82) is 0 Å². The Hall–Kier alpha value is -1.17. The summed E-state index contributed by atoms with van der Waals surface area (Å²) in [4.78, 5) is 17.4. The van der Waals surface area contributed by atoms with Gasteiger partial charge in [-0.3, -0.25) is 4.79 Å². The fourth-order valence-corrected chi connectivity index (χ4v) is 2.41. The summed E-state index contributed by atoms with van der Waals surface area (Å²) in [7, 11) is 0. The van der Waals surface area contributed by atoms with Crippen LogP contribution < -0.4 is 5.56 Å². The Balaban J connectivity index is 2.11. The summed E-state index contributed by atoms with van der Waals surface area (Å²) in [6.45, 7) is 0. The SMILES string of the molecule is O=c1cc(O)nc(SCc2ccc(Cl)c(Cl)c2)[nH]1. The summed E-state index contributed by atoms with van der Waals surface area (Å²) in [5, 5.41) is 10.5. The van der Waals surface area contributed by atoms with Crippen molar-refractivity contribution in [1.82, 2.24) is 9.97 Å². The molecule has 0 unspecified atom stereocenters. The maximum Gasteiger partial charge on any atom is 0.255 e. The van der Waals surface area contributed by atoms with Gasteiger partial charge < -0.3 is 10.1 Å². The Morgan fingerprint density at radius 1 is 1.28 bits per heavy atom. The Bertz CT molecular complexity index is 631. The van der Waals surface area contributed by atoms with Crippen molar-refractivity contribution < 1.29 is 5.11 Å². The van der Waals surface area contributed by atoms with Crippen LogP contribution in [0.1, 0.15) is 5.56 Å². The molecule has 2 aromatic rings. The van der Waals surface area contributed by atoms with Gasteiger partial charge in [0, 0.05) is 5.75 Å². The maximum absolute atomic E-state index is 11.1. The van der Waals surface area contributed by atoms with Crippen LogP contribution in [0.4, 0.5) is 0 Å². The largest absolute Gasteiger partial charge is 0.493 e. The number of benzene rings is 1. The Kier molecular flexibility index (Phi) is 4.16. The Morgan fingerprint density at radius 2 is 2.06 bits per heavy atom. The maximum atomic E-state index is 11.1. The molecule has 0 radical (unpaired) electrons. The lowest BCUT2D eigenvalue weighted by Crippen LogP contribution is -2.06. The predicted octanol–water partition coefficient (Wildman–Crippen LogP) is 3.07. The second kappa shape index (κ2) is 5.65. The van der Waals surface area contributed by atoms with Gasteiger partial charge in [-0.1, -0.05) is 41.0 Å². The van der Waals surface area contributed by atoms with Gasteiger partial charge in [0.2, 0.25) is 5.88 Å². The number of nitrogens with one attached hydrogen (secondary N) is 1. The third-order valence-corrected chi connectivity index (χ3v) is 3.75. The third kappa shape index (κ3) is 3.41. The molecule has 1 aromatic carbocycles. The van der Waals surface area contributed by atoms with Crippen molar-refractivity contribution in [3.63, 3.8) is 0 Å². The van der Waals surface area contributed by atoms with E-state index in [9.17, 15) is 9.90 Å².